The molecule has 0 bridgehead atoms. The van der Waals surface area contributed by atoms with Gasteiger partial charge in [0.15, 0.2) is 0 Å². The van der Waals surface area contributed by atoms with E-state index >= 15 is 0 Å². The van der Waals surface area contributed by atoms with Gasteiger partial charge in [0.1, 0.15) is 0 Å². The van der Waals surface area contributed by atoms with Gasteiger partial charge in [0.2, 0.25) is 0 Å². The van der Waals surface area contributed by atoms with Crippen molar-refractivity contribution in [3.8, 4) is 0 Å². The van der Waals surface area contributed by atoms with Crippen LogP contribution in [0.1, 0.15) is 29.9 Å². The summed E-state index contributed by atoms with van der Waals surface area (Å²) in [5.74, 6) is 0.536. The Bertz CT molecular complexity index is 457. The highest BCUT2D eigenvalue weighted by molar-refractivity contribution is 5.56. The molecule has 2 atom stereocenters. The van der Waals surface area contributed by atoms with E-state index in [-0.39, 0.29) is 6.04 Å². The van der Waals surface area contributed by atoms with Crippen molar-refractivity contribution in [3.05, 3.63) is 29.3 Å². The molecule has 2 aliphatic heterocycles. The molecule has 1 fully saturated rings. The number of aryl methyl sites for hydroxylation is 1. The normalized spacial score (nSPS) is 28.3. The van der Waals surface area contributed by atoms with Crippen LogP contribution in [0.2, 0.25) is 0 Å². The highest BCUT2D eigenvalue weighted by Gasteiger charge is 2.27. The van der Waals surface area contributed by atoms with Gasteiger partial charge in [-0.3, -0.25) is 0 Å². The number of likely N-dealkylation sites (tertiary alicyclic amines) is 1. The molecule has 0 saturated carbocycles. The Morgan fingerprint density at radius 2 is 2.05 bits per heavy atom. The lowest BCUT2D eigenvalue weighted by atomic mass is 9.84. The summed E-state index contributed by atoms with van der Waals surface area (Å²) < 4.78 is 0. The van der Waals surface area contributed by atoms with Crippen LogP contribution in [0.3, 0.4) is 0 Å². The molecule has 1 saturated heterocycles. The Morgan fingerprint density at radius 1 is 1.21 bits per heavy atom. The van der Waals surface area contributed by atoms with Crippen LogP contribution in [0.5, 0.6) is 0 Å². The van der Waals surface area contributed by atoms with Gasteiger partial charge in [-0.05, 0) is 50.0 Å². The average Bonchev–Trinajstić information content (AvgIpc) is 2.38. The fraction of sp³-hybridized carbons (Fsp3) is 0.625. The molecule has 2 N–H and O–H groups in total. The SMILES string of the molecule is CN1CCC(c2ccc3c(c2)CCCN3C)C(N)C1. The third-order valence-corrected chi connectivity index (χ3v) is 4.74. The van der Waals surface area contributed by atoms with Crippen LogP contribution in [0, 0.1) is 0 Å². The minimum Gasteiger partial charge on any atom is -0.374 e. The molecule has 2 unspecified atom stereocenters. The number of hydrogen-bond donors (Lipinski definition) is 1. The van der Waals surface area contributed by atoms with Crippen LogP contribution in [0.4, 0.5) is 5.69 Å². The predicted molar refractivity (Wildman–Crippen MR) is 80.9 cm³/mol. The first kappa shape index (κ1) is 12.9. The Labute approximate surface area is 116 Å². The summed E-state index contributed by atoms with van der Waals surface area (Å²) in [5, 5.41) is 0. The maximum atomic E-state index is 6.35. The highest BCUT2D eigenvalue weighted by atomic mass is 15.1. The highest BCUT2D eigenvalue weighted by Crippen LogP contribution is 2.32. The second-order valence-electron chi connectivity index (χ2n) is 6.23. The minimum absolute atomic E-state index is 0.276. The molecule has 19 heavy (non-hydrogen) atoms. The number of likely N-dealkylation sites (N-methyl/N-ethyl adjacent to an activating group) is 1. The molecule has 3 heteroatoms. The standard InChI is InChI=1S/C16H25N3/c1-18-9-7-14(15(17)11-18)12-5-6-16-13(10-12)4-3-8-19(16)2/h5-6,10,14-15H,3-4,7-9,11,17H2,1-2H3. The molecular formula is C16H25N3. The van der Waals surface area contributed by atoms with Gasteiger partial charge < -0.3 is 15.5 Å². The van der Waals surface area contributed by atoms with Crippen molar-refractivity contribution in [2.45, 2.75) is 31.2 Å². The van der Waals surface area contributed by atoms with Gasteiger partial charge in [-0.2, -0.15) is 0 Å². The van der Waals surface area contributed by atoms with E-state index in [9.17, 15) is 0 Å². The Kier molecular flexibility index (Phi) is 3.50. The second kappa shape index (κ2) is 5.14. The molecule has 1 aromatic rings. The molecule has 0 aromatic heterocycles. The lowest BCUT2D eigenvalue weighted by Crippen LogP contribution is -2.45. The molecule has 0 aliphatic carbocycles. The van der Waals surface area contributed by atoms with Crippen LogP contribution in [-0.4, -0.2) is 44.7 Å². The Morgan fingerprint density at radius 3 is 2.84 bits per heavy atom. The van der Waals surface area contributed by atoms with Crippen molar-refractivity contribution in [2.75, 3.05) is 38.6 Å². The number of hydrogen-bond acceptors (Lipinski definition) is 3. The van der Waals surface area contributed by atoms with Crippen molar-refractivity contribution in [3.63, 3.8) is 0 Å². The lowest BCUT2D eigenvalue weighted by Gasteiger charge is -2.36. The van der Waals surface area contributed by atoms with Crippen LogP contribution in [-0.2, 0) is 6.42 Å². The van der Waals surface area contributed by atoms with Crippen LogP contribution >= 0.6 is 0 Å². The number of benzene rings is 1. The number of piperidine rings is 1. The molecule has 1 aromatic carbocycles. The van der Waals surface area contributed by atoms with E-state index in [2.05, 4.69) is 42.1 Å². The van der Waals surface area contributed by atoms with Gasteiger partial charge in [-0.1, -0.05) is 12.1 Å². The fourth-order valence-corrected chi connectivity index (χ4v) is 3.60. The van der Waals surface area contributed by atoms with Crippen molar-refractivity contribution in [1.29, 1.82) is 0 Å². The Balaban J connectivity index is 1.86. The van der Waals surface area contributed by atoms with Gasteiger partial charge in [0.25, 0.3) is 0 Å². The van der Waals surface area contributed by atoms with Gasteiger partial charge in [0, 0.05) is 37.8 Å². The van der Waals surface area contributed by atoms with E-state index in [1.54, 1.807) is 0 Å². The van der Waals surface area contributed by atoms with Gasteiger partial charge in [-0.25, -0.2) is 0 Å². The molecule has 104 valence electrons. The maximum absolute atomic E-state index is 6.35. The van der Waals surface area contributed by atoms with Gasteiger partial charge in [-0.15, -0.1) is 0 Å². The summed E-state index contributed by atoms with van der Waals surface area (Å²) in [7, 11) is 4.36. The van der Waals surface area contributed by atoms with E-state index in [0.717, 1.165) is 13.1 Å². The molecule has 2 aliphatic rings. The van der Waals surface area contributed by atoms with Crippen LogP contribution in [0.15, 0.2) is 18.2 Å². The van der Waals surface area contributed by atoms with E-state index in [4.69, 9.17) is 5.73 Å². The monoisotopic (exact) mass is 259 g/mol. The van der Waals surface area contributed by atoms with Gasteiger partial charge in [0.05, 0.1) is 0 Å². The smallest absolute Gasteiger partial charge is 0.0396 e. The number of nitrogens with zero attached hydrogens (tertiary/aromatic N) is 2. The van der Waals surface area contributed by atoms with Crippen LogP contribution < -0.4 is 10.6 Å². The van der Waals surface area contributed by atoms with Gasteiger partial charge >= 0.3 is 0 Å². The molecule has 2 heterocycles. The topological polar surface area (TPSA) is 32.5 Å². The fourth-order valence-electron chi connectivity index (χ4n) is 3.60. The second-order valence-corrected chi connectivity index (χ2v) is 6.23. The summed E-state index contributed by atoms with van der Waals surface area (Å²) in [4.78, 5) is 4.71. The summed E-state index contributed by atoms with van der Waals surface area (Å²) in [6, 6.07) is 7.30. The third kappa shape index (κ3) is 2.49. The van der Waals surface area contributed by atoms with Crippen molar-refractivity contribution in [1.82, 2.24) is 4.90 Å². The zero-order valence-electron chi connectivity index (χ0n) is 12.1. The van der Waals surface area contributed by atoms with E-state index in [1.807, 2.05) is 0 Å². The van der Waals surface area contributed by atoms with Crippen molar-refractivity contribution in [2.24, 2.45) is 5.73 Å². The van der Waals surface area contributed by atoms with E-state index < -0.39 is 0 Å². The third-order valence-electron chi connectivity index (χ3n) is 4.74. The first-order valence-corrected chi connectivity index (χ1v) is 7.43. The molecule has 0 radical (unpaired) electrons. The number of anilines is 1. The molecule has 3 rings (SSSR count). The molecular weight excluding hydrogens is 234 g/mol. The quantitative estimate of drug-likeness (QED) is 0.835. The summed E-state index contributed by atoms with van der Waals surface area (Å²) >= 11 is 0. The van der Waals surface area contributed by atoms with Crippen molar-refractivity contribution >= 4 is 5.69 Å². The number of fused-ring (bicyclic) bond motifs is 1. The van der Waals surface area contributed by atoms with Crippen molar-refractivity contribution < 1.29 is 0 Å². The Hall–Kier alpha value is -1.06. The molecule has 0 spiro atoms. The van der Waals surface area contributed by atoms with Crippen LogP contribution in [0.25, 0.3) is 0 Å². The number of nitrogens with two attached hydrogens (primary N) is 1. The minimum atomic E-state index is 0.276. The summed E-state index contributed by atoms with van der Waals surface area (Å²) in [6.45, 7) is 3.36. The lowest BCUT2D eigenvalue weighted by molar-refractivity contribution is 0.228. The zero-order valence-corrected chi connectivity index (χ0v) is 12.1. The van der Waals surface area contributed by atoms with E-state index in [1.165, 1.54) is 42.6 Å². The average molecular weight is 259 g/mol. The maximum Gasteiger partial charge on any atom is 0.0396 e. The first-order chi connectivity index (χ1) is 9.15. The largest absolute Gasteiger partial charge is 0.374 e. The number of rotatable bonds is 1. The summed E-state index contributed by atoms with van der Waals surface area (Å²) in [5.41, 5.74) is 10.7. The predicted octanol–water partition coefficient (Wildman–Crippen LogP) is 1.82. The molecule has 0 amide bonds. The molecule has 3 nitrogen and oxygen atoms in total. The van der Waals surface area contributed by atoms with E-state index in [0.29, 0.717) is 5.92 Å². The zero-order chi connectivity index (χ0) is 13.4. The first-order valence-electron chi connectivity index (χ1n) is 7.43. The summed E-state index contributed by atoms with van der Waals surface area (Å²) in [6.07, 6.45) is 3.67.